The van der Waals surface area contributed by atoms with Crippen LogP contribution in [0.3, 0.4) is 0 Å². The van der Waals surface area contributed by atoms with E-state index in [1.807, 2.05) is 44.2 Å². The zero-order chi connectivity index (χ0) is 27.6. The molecule has 38 heavy (non-hydrogen) atoms. The first-order chi connectivity index (χ1) is 18.2. The van der Waals surface area contributed by atoms with E-state index in [-0.39, 0.29) is 48.1 Å². The second kappa shape index (κ2) is 11.7. The molecule has 4 rings (SSSR count). The SMILES string of the molecule is C=CCCOC(=O)[C@@H]1[C@@H]2CC(C)C3(S2)C(C(=O)N(CC=C)Cc2ccccc2)N([C@@H](CO)C(C)C)C(=O)[C@H]13. The van der Waals surface area contributed by atoms with Gasteiger partial charge in [-0.25, -0.2) is 0 Å². The van der Waals surface area contributed by atoms with Gasteiger partial charge < -0.3 is 19.6 Å². The summed E-state index contributed by atoms with van der Waals surface area (Å²) >= 11 is 1.62. The Morgan fingerprint density at radius 3 is 2.58 bits per heavy atom. The normalized spacial score (nSPS) is 30.3. The summed E-state index contributed by atoms with van der Waals surface area (Å²) in [4.78, 5) is 45.6. The number of nitrogens with zero attached hydrogens (tertiary/aromatic N) is 2. The number of likely N-dealkylation sites (tertiary alicyclic amines) is 1. The predicted molar refractivity (Wildman–Crippen MR) is 149 cm³/mol. The zero-order valence-electron chi connectivity index (χ0n) is 22.6. The van der Waals surface area contributed by atoms with Crippen molar-refractivity contribution in [3.8, 4) is 0 Å². The summed E-state index contributed by atoms with van der Waals surface area (Å²) in [6, 6.07) is 8.42. The number of rotatable bonds is 12. The molecule has 3 aliphatic rings. The van der Waals surface area contributed by atoms with Gasteiger partial charge in [0.1, 0.15) is 6.04 Å². The number of carbonyl (C=O) groups is 3. The van der Waals surface area contributed by atoms with Crippen LogP contribution in [0.2, 0.25) is 0 Å². The molecule has 8 heteroatoms. The van der Waals surface area contributed by atoms with E-state index >= 15 is 0 Å². The molecule has 1 spiro atoms. The number of aliphatic hydroxyl groups excluding tert-OH is 1. The van der Waals surface area contributed by atoms with E-state index in [4.69, 9.17) is 4.74 Å². The molecule has 206 valence electrons. The quantitative estimate of drug-likeness (QED) is 0.247. The summed E-state index contributed by atoms with van der Waals surface area (Å²) in [7, 11) is 0. The Labute approximate surface area is 230 Å². The van der Waals surface area contributed by atoms with Crippen molar-refractivity contribution in [1.29, 1.82) is 0 Å². The molecule has 7 atom stereocenters. The standard InChI is InChI=1S/C30H40N2O5S/c1-6-8-15-37-29(36)24-23-16-20(5)30(38-23)25(24)27(34)32(22(18-33)19(3)4)26(30)28(35)31(14-7-2)17-21-12-10-9-11-13-21/h6-7,9-13,19-20,22-26,33H,1-2,8,14-18H2,3-5H3/t20?,22-,23-,24+,25-,26?,30?/m0/s1. The summed E-state index contributed by atoms with van der Waals surface area (Å²) in [5, 5.41) is 10.3. The number of hydrogen-bond acceptors (Lipinski definition) is 6. The average Bonchev–Trinajstić information content (AvgIpc) is 3.48. The zero-order valence-corrected chi connectivity index (χ0v) is 23.4. The second-order valence-corrected chi connectivity index (χ2v) is 12.6. The monoisotopic (exact) mass is 540 g/mol. The van der Waals surface area contributed by atoms with Crippen LogP contribution in [0.25, 0.3) is 0 Å². The maximum absolute atomic E-state index is 14.6. The van der Waals surface area contributed by atoms with Crippen LogP contribution in [0.15, 0.2) is 55.6 Å². The van der Waals surface area contributed by atoms with E-state index in [9.17, 15) is 19.5 Å². The van der Waals surface area contributed by atoms with Gasteiger partial charge in [-0.1, -0.05) is 63.3 Å². The second-order valence-electron chi connectivity index (χ2n) is 11.0. The minimum Gasteiger partial charge on any atom is -0.465 e. The van der Waals surface area contributed by atoms with Crippen molar-refractivity contribution >= 4 is 29.5 Å². The van der Waals surface area contributed by atoms with Crippen molar-refractivity contribution < 1.29 is 24.2 Å². The van der Waals surface area contributed by atoms with E-state index in [0.29, 0.717) is 19.5 Å². The van der Waals surface area contributed by atoms with Crippen molar-refractivity contribution in [2.75, 3.05) is 19.8 Å². The van der Waals surface area contributed by atoms with Gasteiger partial charge in [-0.15, -0.1) is 24.9 Å². The largest absolute Gasteiger partial charge is 0.465 e. The molecule has 3 heterocycles. The Balaban J connectivity index is 1.78. The molecular formula is C30H40N2O5S. The molecule has 1 aromatic rings. The number of carbonyl (C=O) groups excluding carboxylic acids is 3. The number of amides is 2. The summed E-state index contributed by atoms with van der Waals surface area (Å²) in [6.45, 7) is 14.2. The van der Waals surface area contributed by atoms with Crippen molar-refractivity contribution in [1.82, 2.24) is 9.80 Å². The predicted octanol–water partition coefficient (Wildman–Crippen LogP) is 3.67. The molecule has 3 fully saturated rings. The lowest BCUT2D eigenvalue weighted by Crippen LogP contribution is -2.59. The molecule has 0 aromatic heterocycles. The van der Waals surface area contributed by atoms with E-state index in [1.54, 1.807) is 33.7 Å². The summed E-state index contributed by atoms with van der Waals surface area (Å²) in [5.41, 5.74) is 0.982. The first kappa shape index (κ1) is 28.4. The minimum atomic E-state index is -0.792. The van der Waals surface area contributed by atoms with E-state index in [0.717, 1.165) is 12.0 Å². The number of thioether (sulfide) groups is 1. The van der Waals surface area contributed by atoms with Crippen LogP contribution in [-0.2, 0) is 25.7 Å². The molecule has 1 N–H and O–H groups in total. The molecule has 2 bridgehead atoms. The first-order valence-corrected chi connectivity index (χ1v) is 14.4. The van der Waals surface area contributed by atoms with Crippen LogP contribution in [0.5, 0.6) is 0 Å². The van der Waals surface area contributed by atoms with Crippen molar-refractivity contribution in [3.63, 3.8) is 0 Å². The highest BCUT2D eigenvalue weighted by Gasteiger charge is 2.77. The lowest BCUT2D eigenvalue weighted by molar-refractivity contribution is -0.155. The van der Waals surface area contributed by atoms with Gasteiger partial charge in [-0.2, -0.15) is 0 Å². The lowest BCUT2D eigenvalue weighted by Gasteiger charge is -2.42. The molecule has 7 nitrogen and oxygen atoms in total. The molecular weight excluding hydrogens is 500 g/mol. The Morgan fingerprint density at radius 2 is 1.97 bits per heavy atom. The number of benzene rings is 1. The third-order valence-electron chi connectivity index (χ3n) is 8.45. The van der Waals surface area contributed by atoms with Gasteiger partial charge in [0.15, 0.2) is 0 Å². The van der Waals surface area contributed by atoms with E-state index < -0.39 is 28.7 Å². The molecule has 1 aromatic carbocycles. The fraction of sp³-hybridized carbons (Fsp3) is 0.567. The fourth-order valence-corrected chi connectivity index (χ4v) is 9.08. The van der Waals surface area contributed by atoms with Gasteiger partial charge in [0, 0.05) is 18.3 Å². The average molecular weight is 541 g/mol. The number of ether oxygens (including phenoxy) is 1. The van der Waals surface area contributed by atoms with Gasteiger partial charge >= 0.3 is 5.97 Å². The Hall–Kier alpha value is -2.58. The van der Waals surface area contributed by atoms with Crippen LogP contribution in [0.1, 0.15) is 39.2 Å². The topological polar surface area (TPSA) is 87.2 Å². The van der Waals surface area contributed by atoms with Gasteiger partial charge in [0.25, 0.3) is 0 Å². The highest BCUT2D eigenvalue weighted by molar-refractivity contribution is 8.02. The lowest BCUT2D eigenvalue weighted by atomic mass is 9.66. The maximum atomic E-state index is 14.6. The molecule has 3 aliphatic heterocycles. The van der Waals surface area contributed by atoms with Gasteiger partial charge in [0.05, 0.1) is 35.8 Å². The molecule has 0 radical (unpaired) electrons. The van der Waals surface area contributed by atoms with Gasteiger partial charge in [0.2, 0.25) is 11.8 Å². The van der Waals surface area contributed by atoms with Crippen LogP contribution >= 0.6 is 11.8 Å². The third-order valence-corrected chi connectivity index (χ3v) is 10.5. The number of fused-ring (bicyclic) bond motifs is 1. The number of aliphatic hydroxyl groups is 1. The van der Waals surface area contributed by atoms with Gasteiger partial charge in [-0.05, 0) is 30.2 Å². The fourth-order valence-electron chi connectivity index (χ4n) is 6.69. The summed E-state index contributed by atoms with van der Waals surface area (Å²) in [5.74, 6) is -2.07. The third kappa shape index (κ3) is 4.70. The molecule has 3 unspecified atom stereocenters. The van der Waals surface area contributed by atoms with Crippen LogP contribution in [0, 0.1) is 23.7 Å². The molecule has 0 saturated carbocycles. The highest BCUT2D eigenvalue weighted by Crippen LogP contribution is 2.69. The van der Waals surface area contributed by atoms with Gasteiger partial charge in [-0.3, -0.25) is 14.4 Å². The Bertz CT molecular complexity index is 1060. The Morgan fingerprint density at radius 1 is 1.26 bits per heavy atom. The summed E-state index contributed by atoms with van der Waals surface area (Å²) < 4.78 is 4.82. The first-order valence-electron chi connectivity index (χ1n) is 13.5. The maximum Gasteiger partial charge on any atom is 0.310 e. The molecule has 3 saturated heterocycles. The van der Waals surface area contributed by atoms with Crippen LogP contribution in [0.4, 0.5) is 0 Å². The van der Waals surface area contributed by atoms with Crippen LogP contribution < -0.4 is 0 Å². The van der Waals surface area contributed by atoms with E-state index in [2.05, 4.69) is 20.1 Å². The highest BCUT2D eigenvalue weighted by atomic mass is 32.2. The number of esters is 1. The molecule has 0 aliphatic carbocycles. The Kier molecular flexibility index (Phi) is 8.72. The van der Waals surface area contributed by atoms with Crippen molar-refractivity contribution in [2.45, 2.75) is 62.2 Å². The number of hydrogen-bond donors (Lipinski definition) is 1. The van der Waals surface area contributed by atoms with Crippen molar-refractivity contribution in [3.05, 3.63) is 61.2 Å². The van der Waals surface area contributed by atoms with Crippen molar-refractivity contribution in [2.24, 2.45) is 23.7 Å². The summed E-state index contributed by atoms with van der Waals surface area (Å²) in [6.07, 6.45) is 4.67. The molecule has 2 amide bonds. The van der Waals surface area contributed by atoms with Crippen LogP contribution in [-0.4, -0.2) is 74.5 Å². The minimum absolute atomic E-state index is 0.0384. The van der Waals surface area contributed by atoms with E-state index in [1.165, 1.54) is 0 Å². The smallest absolute Gasteiger partial charge is 0.310 e.